The maximum absolute atomic E-state index is 5.21. The number of methoxy groups -OCH3 is 1. The lowest BCUT2D eigenvalue weighted by molar-refractivity contribution is 0.415. The molecule has 0 aliphatic heterocycles. The van der Waals surface area contributed by atoms with Crippen molar-refractivity contribution in [1.82, 2.24) is 15.2 Å². The molecule has 0 bridgehead atoms. The molecule has 1 aromatic heterocycles. The summed E-state index contributed by atoms with van der Waals surface area (Å²) >= 11 is 5.21. The van der Waals surface area contributed by atoms with Gasteiger partial charge >= 0.3 is 0 Å². The standard InChI is InChI=1S/C18H17N5OS/c1-24-17-9-7-15(8-10-17)21-18(25)22-19-11-14-12-20-23(13-14)16-5-3-2-4-6-16/h2-13H,1H3,(H2,21,22,25)/b19-11-. The SMILES string of the molecule is COc1ccc(NC(=S)N/N=C\c2cnn(-c3ccccc3)c2)cc1. The van der Waals surface area contributed by atoms with Gasteiger partial charge in [0.25, 0.3) is 0 Å². The highest BCUT2D eigenvalue weighted by atomic mass is 32.1. The number of para-hydroxylation sites is 1. The molecular weight excluding hydrogens is 334 g/mol. The summed E-state index contributed by atoms with van der Waals surface area (Å²) < 4.78 is 6.90. The third-order valence-corrected chi connectivity index (χ3v) is 3.54. The van der Waals surface area contributed by atoms with Crippen LogP contribution in [0.1, 0.15) is 5.56 Å². The van der Waals surface area contributed by atoms with Gasteiger partial charge in [-0.2, -0.15) is 10.2 Å². The van der Waals surface area contributed by atoms with E-state index < -0.39 is 0 Å². The number of nitrogens with zero attached hydrogens (tertiary/aromatic N) is 3. The summed E-state index contributed by atoms with van der Waals surface area (Å²) in [7, 11) is 1.63. The van der Waals surface area contributed by atoms with E-state index in [4.69, 9.17) is 17.0 Å². The number of hydrazone groups is 1. The van der Waals surface area contributed by atoms with Crippen molar-refractivity contribution >= 4 is 29.2 Å². The van der Waals surface area contributed by atoms with Gasteiger partial charge in [0.2, 0.25) is 0 Å². The minimum absolute atomic E-state index is 0.400. The third kappa shape index (κ3) is 4.65. The number of thiocarbonyl (C=S) groups is 1. The molecule has 25 heavy (non-hydrogen) atoms. The maximum Gasteiger partial charge on any atom is 0.191 e. The van der Waals surface area contributed by atoms with E-state index in [0.717, 1.165) is 22.7 Å². The van der Waals surface area contributed by atoms with E-state index in [1.54, 1.807) is 24.2 Å². The maximum atomic E-state index is 5.21. The number of rotatable bonds is 5. The highest BCUT2D eigenvalue weighted by Crippen LogP contribution is 2.14. The van der Waals surface area contributed by atoms with E-state index in [0.29, 0.717) is 5.11 Å². The molecular formula is C18H17N5OS. The molecule has 3 aromatic rings. The van der Waals surface area contributed by atoms with Crippen LogP contribution in [0.25, 0.3) is 5.69 Å². The molecule has 0 radical (unpaired) electrons. The van der Waals surface area contributed by atoms with E-state index in [2.05, 4.69) is 20.9 Å². The summed E-state index contributed by atoms with van der Waals surface area (Å²) in [5.41, 5.74) is 5.49. The van der Waals surface area contributed by atoms with Crippen LogP contribution in [0.3, 0.4) is 0 Å². The van der Waals surface area contributed by atoms with Gasteiger partial charge in [-0.05, 0) is 48.6 Å². The van der Waals surface area contributed by atoms with Crippen LogP contribution in [0.4, 0.5) is 5.69 Å². The molecule has 3 rings (SSSR count). The van der Waals surface area contributed by atoms with Gasteiger partial charge in [-0.15, -0.1) is 0 Å². The molecule has 0 saturated carbocycles. The Kier molecular flexibility index (Phi) is 5.38. The highest BCUT2D eigenvalue weighted by Gasteiger charge is 1.99. The summed E-state index contributed by atoms with van der Waals surface area (Å²) in [6.45, 7) is 0. The summed E-state index contributed by atoms with van der Waals surface area (Å²) in [6, 6.07) is 17.3. The highest BCUT2D eigenvalue weighted by molar-refractivity contribution is 7.80. The van der Waals surface area contributed by atoms with E-state index >= 15 is 0 Å². The number of benzene rings is 2. The number of ether oxygens (including phenoxy) is 1. The van der Waals surface area contributed by atoms with Crippen molar-refractivity contribution in [2.24, 2.45) is 5.10 Å². The van der Waals surface area contributed by atoms with Crippen molar-refractivity contribution in [2.75, 3.05) is 12.4 Å². The van der Waals surface area contributed by atoms with Crippen LogP contribution in [0, 0.1) is 0 Å². The monoisotopic (exact) mass is 351 g/mol. The Hall–Kier alpha value is -3.19. The van der Waals surface area contributed by atoms with E-state index in [1.807, 2.05) is 60.8 Å². The molecule has 2 N–H and O–H groups in total. The van der Waals surface area contributed by atoms with Crippen molar-refractivity contribution in [3.8, 4) is 11.4 Å². The average molecular weight is 351 g/mol. The third-order valence-electron chi connectivity index (χ3n) is 3.35. The Bertz CT molecular complexity index is 859. The van der Waals surface area contributed by atoms with Crippen LogP contribution < -0.4 is 15.5 Å². The van der Waals surface area contributed by atoms with Crippen LogP contribution >= 0.6 is 12.2 Å². The number of aromatic nitrogens is 2. The molecule has 0 spiro atoms. The Morgan fingerprint density at radius 1 is 1.16 bits per heavy atom. The van der Waals surface area contributed by atoms with Gasteiger partial charge in [0.05, 0.1) is 25.2 Å². The van der Waals surface area contributed by atoms with Crippen LogP contribution in [0.5, 0.6) is 5.75 Å². The van der Waals surface area contributed by atoms with Crippen molar-refractivity contribution in [2.45, 2.75) is 0 Å². The van der Waals surface area contributed by atoms with E-state index in [1.165, 1.54) is 0 Å². The largest absolute Gasteiger partial charge is 0.497 e. The molecule has 0 atom stereocenters. The molecule has 1 heterocycles. The smallest absolute Gasteiger partial charge is 0.191 e. The van der Waals surface area contributed by atoms with E-state index in [9.17, 15) is 0 Å². The lowest BCUT2D eigenvalue weighted by Crippen LogP contribution is -2.23. The van der Waals surface area contributed by atoms with Gasteiger partial charge in [0.15, 0.2) is 5.11 Å². The van der Waals surface area contributed by atoms with E-state index in [-0.39, 0.29) is 0 Å². The number of nitrogens with one attached hydrogen (secondary N) is 2. The van der Waals surface area contributed by atoms with Gasteiger partial charge in [-0.3, -0.25) is 5.43 Å². The molecule has 2 aromatic carbocycles. The minimum Gasteiger partial charge on any atom is -0.497 e. The molecule has 0 unspecified atom stereocenters. The van der Waals surface area contributed by atoms with Gasteiger partial charge in [0.1, 0.15) is 5.75 Å². The zero-order valence-corrected chi connectivity index (χ0v) is 14.4. The summed E-state index contributed by atoms with van der Waals surface area (Å²) in [5, 5.41) is 11.9. The molecule has 6 nitrogen and oxygen atoms in total. The van der Waals surface area contributed by atoms with Gasteiger partial charge in [-0.25, -0.2) is 4.68 Å². The normalized spacial score (nSPS) is 10.6. The first kappa shape index (κ1) is 16.7. The van der Waals surface area contributed by atoms with Gasteiger partial charge < -0.3 is 10.1 Å². The lowest BCUT2D eigenvalue weighted by atomic mass is 10.3. The zero-order chi connectivity index (χ0) is 17.5. The first-order valence-electron chi connectivity index (χ1n) is 7.59. The Morgan fingerprint density at radius 2 is 1.92 bits per heavy atom. The molecule has 0 aliphatic rings. The molecule has 7 heteroatoms. The summed E-state index contributed by atoms with van der Waals surface area (Å²) in [5.74, 6) is 0.790. The summed E-state index contributed by atoms with van der Waals surface area (Å²) in [6.07, 6.45) is 5.28. The second kappa shape index (κ2) is 8.07. The minimum atomic E-state index is 0.400. The predicted molar refractivity (Wildman–Crippen MR) is 104 cm³/mol. The predicted octanol–water partition coefficient (Wildman–Crippen LogP) is 3.20. The number of hydrogen-bond donors (Lipinski definition) is 2. The fraction of sp³-hybridized carbons (Fsp3) is 0.0556. The van der Waals surface area contributed by atoms with Crippen molar-refractivity contribution in [3.63, 3.8) is 0 Å². The van der Waals surface area contributed by atoms with Gasteiger partial charge in [0, 0.05) is 17.4 Å². The van der Waals surface area contributed by atoms with Crippen LogP contribution in [-0.4, -0.2) is 28.2 Å². The topological polar surface area (TPSA) is 63.5 Å². The molecule has 0 saturated heterocycles. The second-order valence-corrected chi connectivity index (χ2v) is 5.51. The summed E-state index contributed by atoms with van der Waals surface area (Å²) in [4.78, 5) is 0. The number of hydrogen-bond acceptors (Lipinski definition) is 4. The Morgan fingerprint density at radius 3 is 2.64 bits per heavy atom. The molecule has 126 valence electrons. The van der Waals surface area contributed by atoms with Crippen LogP contribution in [0.2, 0.25) is 0 Å². The quantitative estimate of drug-likeness (QED) is 0.420. The van der Waals surface area contributed by atoms with Crippen LogP contribution in [-0.2, 0) is 0 Å². The van der Waals surface area contributed by atoms with Gasteiger partial charge in [-0.1, -0.05) is 18.2 Å². The number of anilines is 1. The fourth-order valence-electron chi connectivity index (χ4n) is 2.12. The van der Waals surface area contributed by atoms with Crippen molar-refractivity contribution < 1.29 is 4.74 Å². The first-order valence-corrected chi connectivity index (χ1v) is 7.99. The average Bonchev–Trinajstić information content (AvgIpc) is 3.12. The Labute approximate surface area is 151 Å². The first-order chi connectivity index (χ1) is 12.2. The molecule has 0 amide bonds. The van der Waals surface area contributed by atoms with Crippen molar-refractivity contribution in [1.29, 1.82) is 0 Å². The van der Waals surface area contributed by atoms with Crippen molar-refractivity contribution in [3.05, 3.63) is 72.6 Å². The fourth-order valence-corrected chi connectivity index (χ4v) is 2.29. The van der Waals surface area contributed by atoms with Crippen LogP contribution in [0.15, 0.2) is 72.1 Å². The molecule has 0 fully saturated rings. The second-order valence-electron chi connectivity index (χ2n) is 5.11. The Balaban J connectivity index is 1.54. The molecule has 0 aliphatic carbocycles. The lowest BCUT2D eigenvalue weighted by Gasteiger charge is -2.07. The zero-order valence-electron chi connectivity index (χ0n) is 13.6.